The van der Waals surface area contributed by atoms with Crippen LogP contribution in [0.5, 0.6) is 0 Å². The van der Waals surface area contributed by atoms with E-state index < -0.39 is 11.1 Å². The van der Waals surface area contributed by atoms with E-state index in [1.165, 1.54) is 43.3 Å². The van der Waals surface area contributed by atoms with Crippen molar-refractivity contribution in [2.75, 3.05) is 12.4 Å². The van der Waals surface area contributed by atoms with Crippen LogP contribution in [0, 0.1) is 0 Å². The van der Waals surface area contributed by atoms with Gasteiger partial charge in [0.25, 0.3) is 0 Å². The summed E-state index contributed by atoms with van der Waals surface area (Å²) in [6.07, 6.45) is 7.58. The highest BCUT2D eigenvalue weighted by Crippen LogP contribution is 2.26. The first-order chi connectivity index (χ1) is 6.36. The van der Waals surface area contributed by atoms with Gasteiger partial charge in [-0.1, -0.05) is 18.4 Å². The normalized spacial score (nSPS) is 30.6. The fraction of sp³-hybridized carbons (Fsp3) is 0.800. The zero-order valence-corrected chi connectivity index (χ0v) is 8.70. The standard InChI is InChI=1S/C10H16O2S/c11-13-8-10-6-4-2-1-3-5-9(10)7-12-13/h1-8H2. The molecular weight excluding hydrogens is 184 g/mol. The average Bonchev–Trinajstić information content (AvgIpc) is 2.08. The monoisotopic (exact) mass is 200 g/mol. The lowest BCUT2D eigenvalue weighted by atomic mass is 9.95. The summed E-state index contributed by atoms with van der Waals surface area (Å²) in [5, 5.41) is 0. The minimum absolute atomic E-state index is 0.627. The molecule has 1 unspecified atom stereocenters. The molecule has 0 amide bonds. The molecule has 2 aliphatic rings. The molecule has 1 aliphatic carbocycles. The van der Waals surface area contributed by atoms with Crippen LogP contribution in [0.2, 0.25) is 0 Å². The molecule has 2 nitrogen and oxygen atoms in total. The van der Waals surface area contributed by atoms with Crippen LogP contribution in [-0.4, -0.2) is 16.6 Å². The van der Waals surface area contributed by atoms with Crippen LogP contribution in [0.25, 0.3) is 0 Å². The van der Waals surface area contributed by atoms with E-state index in [1.54, 1.807) is 0 Å². The van der Waals surface area contributed by atoms with E-state index in [0.717, 1.165) is 6.42 Å². The number of hydrogen-bond acceptors (Lipinski definition) is 2. The van der Waals surface area contributed by atoms with Crippen molar-refractivity contribution in [3.05, 3.63) is 11.1 Å². The lowest BCUT2D eigenvalue weighted by Crippen LogP contribution is -2.17. The Morgan fingerprint density at radius 1 is 1.00 bits per heavy atom. The molecular formula is C10H16O2S. The highest BCUT2D eigenvalue weighted by atomic mass is 32.2. The fourth-order valence-electron chi connectivity index (χ4n) is 2.05. The fourth-order valence-corrected chi connectivity index (χ4v) is 3.04. The van der Waals surface area contributed by atoms with Gasteiger partial charge >= 0.3 is 0 Å². The van der Waals surface area contributed by atoms with Gasteiger partial charge in [0.15, 0.2) is 11.1 Å². The van der Waals surface area contributed by atoms with E-state index in [-0.39, 0.29) is 0 Å². The van der Waals surface area contributed by atoms with Crippen LogP contribution < -0.4 is 0 Å². The van der Waals surface area contributed by atoms with Crippen molar-refractivity contribution in [2.24, 2.45) is 0 Å². The predicted molar refractivity (Wildman–Crippen MR) is 53.7 cm³/mol. The smallest absolute Gasteiger partial charge is 0.159 e. The van der Waals surface area contributed by atoms with Crippen molar-refractivity contribution in [1.82, 2.24) is 0 Å². The molecule has 1 aliphatic heterocycles. The number of rotatable bonds is 0. The van der Waals surface area contributed by atoms with Gasteiger partial charge in [-0.3, -0.25) is 4.18 Å². The molecule has 0 bridgehead atoms. The first-order valence-corrected chi connectivity index (χ1v) is 6.32. The van der Waals surface area contributed by atoms with E-state index in [1.807, 2.05) is 0 Å². The third-order valence-corrected chi connectivity index (χ3v) is 3.83. The quantitative estimate of drug-likeness (QED) is 0.561. The molecule has 0 saturated carbocycles. The second kappa shape index (κ2) is 4.38. The maximum absolute atomic E-state index is 11.2. The summed E-state index contributed by atoms with van der Waals surface area (Å²) in [5.41, 5.74) is 2.88. The third kappa shape index (κ3) is 2.41. The summed E-state index contributed by atoms with van der Waals surface area (Å²) in [6.45, 7) is 0.627. The van der Waals surface area contributed by atoms with Crippen molar-refractivity contribution in [3.63, 3.8) is 0 Å². The molecule has 0 saturated heterocycles. The van der Waals surface area contributed by atoms with Crippen molar-refractivity contribution in [1.29, 1.82) is 0 Å². The Bertz CT molecular complexity index is 245. The Labute approximate surface area is 82.0 Å². The summed E-state index contributed by atoms with van der Waals surface area (Å²) >= 11 is -1.03. The molecule has 74 valence electrons. The average molecular weight is 200 g/mol. The summed E-state index contributed by atoms with van der Waals surface area (Å²) in [4.78, 5) is 0. The highest BCUT2D eigenvalue weighted by molar-refractivity contribution is 7.80. The van der Waals surface area contributed by atoms with Crippen LogP contribution in [0.1, 0.15) is 38.5 Å². The van der Waals surface area contributed by atoms with Crippen LogP contribution in [0.3, 0.4) is 0 Å². The summed E-state index contributed by atoms with van der Waals surface area (Å²) < 4.78 is 16.3. The second-order valence-corrected chi connectivity index (χ2v) is 4.96. The van der Waals surface area contributed by atoms with Crippen LogP contribution in [0.4, 0.5) is 0 Å². The number of hydrogen-bond donors (Lipinski definition) is 0. The molecule has 2 rings (SSSR count). The van der Waals surface area contributed by atoms with Gasteiger partial charge in [0.05, 0.1) is 12.4 Å². The molecule has 0 aromatic rings. The Balaban J connectivity index is 2.11. The van der Waals surface area contributed by atoms with Gasteiger partial charge in [0.2, 0.25) is 0 Å². The summed E-state index contributed by atoms with van der Waals surface area (Å²) in [6, 6.07) is 0. The first kappa shape index (κ1) is 9.41. The minimum atomic E-state index is -1.03. The molecule has 0 fully saturated rings. The van der Waals surface area contributed by atoms with Gasteiger partial charge < -0.3 is 0 Å². The van der Waals surface area contributed by atoms with Crippen LogP contribution >= 0.6 is 0 Å². The maximum Gasteiger partial charge on any atom is 0.159 e. The van der Waals surface area contributed by atoms with Gasteiger partial charge in [0.1, 0.15) is 0 Å². The van der Waals surface area contributed by atoms with E-state index in [0.29, 0.717) is 12.4 Å². The van der Waals surface area contributed by atoms with Crippen molar-refractivity contribution >= 4 is 11.1 Å². The predicted octanol–water partition coefficient (Wildman–Crippen LogP) is 2.33. The molecule has 0 N–H and O–H groups in total. The SMILES string of the molecule is O=S1CC2=C(CCCCCC2)CO1. The molecule has 0 radical (unpaired) electrons. The summed E-state index contributed by atoms with van der Waals surface area (Å²) in [5.74, 6) is 0.676. The highest BCUT2D eigenvalue weighted by Gasteiger charge is 2.18. The molecule has 0 aromatic carbocycles. The second-order valence-electron chi connectivity index (χ2n) is 3.83. The van der Waals surface area contributed by atoms with E-state index in [2.05, 4.69) is 0 Å². The molecule has 1 heterocycles. The zero-order valence-electron chi connectivity index (χ0n) is 7.88. The molecule has 0 aromatic heterocycles. The van der Waals surface area contributed by atoms with Crippen molar-refractivity contribution < 1.29 is 8.39 Å². The van der Waals surface area contributed by atoms with Gasteiger partial charge in [-0.05, 0) is 31.3 Å². The van der Waals surface area contributed by atoms with Gasteiger partial charge in [-0.2, -0.15) is 0 Å². The van der Waals surface area contributed by atoms with Gasteiger partial charge in [-0.25, -0.2) is 4.21 Å². The first-order valence-electron chi connectivity index (χ1n) is 5.07. The third-order valence-electron chi connectivity index (χ3n) is 2.86. The van der Waals surface area contributed by atoms with Gasteiger partial charge in [-0.15, -0.1) is 0 Å². The molecule has 3 heteroatoms. The molecule has 1 atom stereocenters. The Hall–Kier alpha value is -0.150. The van der Waals surface area contributed by atoms with E-state index in [4.69, 9.17) is 4.18 Å². The van der Waals surface area contributed by atoms with Crippen molar-refractivity contribution in [3.8, 4) is 0 Å². The maximum atomic E-state index is 11.2. The summed E-state index contributed by atoms with van der Waals surface area (Å²) in [7, 11) is 0. The van der Waals surface area contributed by atoms with Crippen molar-refractivity contribution in [2.45, 2.75) is 38.5 Å². The van der Waals surface area contributed by atoms with E-state index >= 15 is 0 Å². The lowest BCUT2D eigenvalue weighted by Gasteiger charge is -2.22. The zero-order chi connectivity index (χ0) is 9.10. The van der Waals surface area contributed by atoms with Crippen LogP contribution in [0.15, 0.2) is 11.1 Å². The van der Waals surface area contributed by atoms with Crippen LogP contribution in [-0.2, 0) is 15.3 Å². The molecule has 0 spiro atoms. The Morgan fingerprint density at radius 3 is 2.46 bits per heavy atom. The van der Waals surface area contributed by atoms with E-state index in [9.17, 15) is 4.21 Å². The Morgan fingerprint density at radius 2 is 1.69 bits per heavy atom. The largest absolute Gasteiger partial charge is 0.286 e. The molecule has 13 heavy (non-hydrogen) atoms. The topological polar surface area (TPSA) is 26.3 Å². The van der Waals surface area contributed by atoms with Gasteiger partial charge in [0, 0.05) is 0 Å². The lowest BCUT2D eigenvalue weighted by molar-refractivity contribution is 0.364. The Kier molecular flexibility index (Phi) is 3.17. The minimum Gasteiger partial charge on any atom is -0.286 e.